The molecule has 0 fully saturated rings. The fraction of sp³-hybridized carbons (Fsp3) is 0.133. The summed E-state index contributed by atoms with van der Waals surface area (Å²) in [5, 5.41) is 10.3. The number of phenols is 1. The summed E-state index contributed by atoms with van der Waals surface area (Å²) in [6.07, 6.45) is 0. The zero-order valence-corrected chi connectivity index (χ0v) is 11.0. The van der Waals surface area contributed by atoms with Gasteiger partial charge < -0.3 is 5.11 Å². The summed E-state index contributed by atoms with van der Waals surface area (Å²) in [6, 6.07) is 10.2. The van der Waals surface area contributed by atoms with Crippen LogP contribution in [0.2, 0.25) is 5.02 Å². The Bertz CT molecular complexity index is 614. The first-order chi connectivity index (χ1) is 8.50. The second-order valence-electron chi connectivity index (χ2n) is 4.26. The molecule has 0 bridgehead atoms. The number of carbonyl (C=O) groups excluding carboxylic acids is 1. The van der Waals surface area contributed by atoms with Crippen molar-refractivity contribution in [1.82, 2.24) is 0 Å². The van der Waals surface area contributed by atoms with Crippen LogP contribution in [0.5, 0.6) is 5.75 Å². The highest BCUT2D eigenvalue weighted by molar-refractivity contribution is 6.32. The van der Waals surface area contributed by atoms with Crippen molar-refractivity contribution in [2.45, 2.75) is 13.8 Å². The third-order valence-electron chi connectivity index (χ3n) is 2.91. The molecular formula is C15H13ClO2. The van der Waals surface area contributed by atoms with Gasteiger partial charge in [-0.25, -0.2) is 0 Å². The molecule has 0 aliphatic rings. The molecule has 0 radical (unpaired) electrons. The molecule has 1 N–H and O–H groups in total. The van der Waals surface area contributed by atoms with Crippen molar-refractivity contribution in [3.8, 4) is 5.75 Å². The topological polar surface area (TPSA) is 37.3 Å². The Balaban J connectivity index is 2.55. The van der Waals surface area contributed by atoms with Gasteiger partial charge in [-0.3, -0.25) is 4.79 Å². The predicted octanol–water partition coefficient (Wildman–Crippen LogP) is 3.89. The highest BCUT2D eigenvalue weighted by Gasteiger charge is 2.16. The molecule has 0 amide bonds. The van der Waals surface area contributed by atoms with E-state index in [1.165, 1.54) is 6.07 Å². The van der Waals surface area contributed by atoms with Crippen molar-refractivity contribution < 1.29 is 9.90 Å². The lowest BCUT2D eigenvalue weighted by Gasteiger charge is -2.08. The van der Waals surface area contributed by atoms with Crippen LogP contribution in [0.25, 0.3) is 0 Å². The molecule has 2 nitrogen and oxygen atoms in total. The van der Waals surface area contributed by atoms with E-state index in [1.54, 1.807) is 37.3 Å². The number of ketones is 1. The molecule has 0 aliphatic heterocycles. The van der Waals surface area contributed by atoms with Gasteiger partial charge in [-0.15, -0.1) is 0 Å². The molecule has 92 valence electrons. The Morgan fingerprint density at radius 3 is 2.56 bits per heavy atom. The van der Waals surface area contributed by atoms with Crippen LogP contribution < -0.4 is 0 Å². The first-order valence-corrected chi connectivity index (χ1v) is 5.98. The van der Waals surface area contributed by atoms with Crippen LogP contribution in [-0.4, -0.2) is 10.9 Å². The molecule has 3 heteroatoms. The lowest BCUT2D eigenvalue weighted by atomic mass is 9.97. The largest absolute Gasteiger partial charge is 0.507 e. The Hall–Kier alpha value is -1.80. The Labute approximate surface area is 111 Å². The molecule has 0 saturated carbocycles. The zero-order chi connectivity index (χ0) is 13.3. The molecule has 0 spiro atoms. The quantitative estimate of drug-likeness (QED) is 0.832. The molecule has 0 atom stereocenters. The number of hydrogen-bond acceptors (Lipinski definition) is 2. The molecule has 0 aliphatic carbocycles. The molecule has 0 unspecified atom stereocenters. The minimum Gasteiger partial charge on any atom is -0.507 e. The van der Waals surface area contributed by atoms with Crippen LogP contribution in [0.3, 0.4) is 0 Å². The zero-order valence-electron chi connectivity index (χ0n) is 10.2. The minimum atomic E-state index is -0.212. The summed E-state index contributed by atoms with van der Waals surface area (Å²) in [5.74, 6) is -0.221. The van der Waals surface area contributed by atoms with E-state index in [-0.39, 0.29) is 11.5 Å². The summed E-state index contributed by atoms with van der Waals surface area (Å²) in [5.41, 5.74) is 2.48. The molecule has 2 rings (SSSR count). The van der Waals surface area contributed by atoms with Gasteiger partial charge in [0.15, 0.2) is 5.78 Å². The van der Waals surface area contributed by atoms with Gasteiger partial charge in [0, 0.05) is 10.6 Å². The van der Waals surface area contributed by atoms with Crippen LogP contribution in [0.4, 0.5) is 0 Å². The number of rotatable bonds is 2. The number of carbonyl (C=O) groups is 1. The van der Waals surface area contributed by atoms with Gasteiger partial charge in [0.05, 0.1) is 5.56 Å². The van der Waals surface area contributed by atoms with Crippen LogP contribution in [0.1, 0.15) is 27.0 Å². The van der Waals surface area contributed by atoms with E-state index in [4.69, 9.17) is 11.6 Å². The van der Waals surface area contributed by atoms with Gasteiger partial charge in [-0.1, -0.05) is 35.4 Å². The van der Waals surface area contributed by atoms with Gasteiger partial charge in [0.25, 0.3) is 0 Å². The van der Waals surface area contributed by atoms with E-state index in [9.17, 15) is 9.90 Å². The highest BCUT2D eigenvalue weighted by Crippen LogP contribution is 2.25. The predicted molar refractivity (Wildman–Crippen MR) is 72.5 cm³/mol. The van der Waals surface area contributed by atoms with E-state index >= 15 is 0 Å². The van der Waals surface area contributed by atoms with E-state index < -0.39 is 0 Å². The third kappa shape index (κ3) is 2.24. The number of aryl methyl sites for hydroxylation is 1. The minimum absolute atomic E-state index is 0.00928. The number of aromatic hydroxyl groups is 1. The number of hydrogen-bond donors (Lipinski definition) is 1. The second-order valence-corrected chi connectivity index (χ2v) is 4.67. The van der Waals surface area contributed by atoms with Gasteiger partial charge in [0.2, 0.25) is 0 Å². The summed E-state index contributed by atoms with van der Waals surface area (Å²) >= 11 is 6.00. The summed E-state index contributed by atoms with van der Waals surface area (Å²) in [7, 11) is 0. The van der Waals surface area contributed by atoms with Crippen molar-refractivity contribution >= 4 is 17.4 Å². The van der Waals surface area contributed by atoms with Crippen LogP contribution in [0, 0.1) is 13.8 Å². The molecular weight excluding hydrogens is 248 g/mol. The van der Waals surface area contributed by atoms with Crippen LogP contribution >= 0.6 is 11.6 Å². The van der Waals surface area contributed by atoms with Gasteiger partial charge in [0.1, 0.15) is 5.75 Å². The van der Waals surface area contributed by atoms with E-state index in [0.717, 1.165) is 11.1 Å². The Kier molecular flexibility index (Phi) is 3.39. The van der Waals surface area contributed by atoms with Crippen molar-refractivity contribution in [2.75, 3.05) is 0 Å². The van der Waals surface area contributed by atoms with E-state index in [2.05, 4.69) is 0 Å². The average molecular weight is 261 g/mol. The molecule has 0 heterocycles. The molecule has 0 aromatic heterocycles. The molecule has 2 aromatic carbocycles. The maximum atomic E-state index is 12.4. The van der Waals surface area contributed by atoms with Crippen molar-refractivity contribution in [2.24, 2.45) is 0 Å². The first-order valence-electron chi connectivity index (χ1n) is 5.60. The lowest BCUT2D eigenvalue weighted by molar-refractivity contribution is 0.103. The van der Waals surface area contributed by atoms with Crippen LogP contribution in [0.15, 0.2) is 36.4 Å². The van der Waals surface area contributed by atoms with Gasteiger partial charge >= 0.3 is 0 Å². The van der Waals surface area contributed by atoms with Crippen molar-refractivity contribution in [1.29, 1.82) is 0 Å². The number of benzene rings is 2. The van der Waals surface area contributed by atoms with Crippen molar-refractivity contribution in [3.63, 3.8) is 0 Å². The van der Waals surface area contributed by atoms with Gasteiger partial charge in [-0.05, 0) is 37.6 Å². The molecule has 18 heavy (non-hydrogen) atoms. The first kappa shape index (κ1) is 12.7. The SMILES string of the molecule is Cc1ccc(O)c(C(=O)c2cccc(Cl)c2C)c1. The normalized spacial score (nSPS) is 10.4. The lowest BCUT2D eigenvalue weighted by Crippen LogP contribution is -2.04. The molecule has 0 saturated heterocycles. The smallest absolute Gasteiger partial charge is 0.197 e. The summed E-state index contributed by atoms with van der Waals surface area (Å²) in [4.78, 5) is 12.4. The maximum absolute atomic E-state index is 12.4. The van der Waals surface area contributed by atoms with Gasteiger partial charge in [-0.2, -0.15) is 0 Å². The Morgan fingerprint density at radius 1 is 1.11 bits per heavy atom. The van der Waals surface area contributed by atoms with Crippen molar-refractivity contribution in [3.05, 3.63) is 63.7 Å². The fourth-order valence-corrected chi connectivity index (χ4v) is 2.00. The van der Waals surface area contributed by atoms with Crippen LogP contribution in [-0.2, 0) is 0 Å². The van der Waals surface area contributed by atoms with E-state index in [0.29, 0.717) is 16.1 Å². The number of halogens is 1. The maximum Gasteiger partial charge on any atom is 0.197 e. The summed E-state index contributed by atoms with van der Waals surface area (Å²) in [6.45, 7) is 3.67. The number of phenolic OH excluding ortho intramolecular Hbond substituents is 1. The average Bonchev–Trinajstić information content (AvgIpc) is 2.35. The highest BCUT2D eigenvalue weighted by atomic mass is 35.5. The monoisotopic (exact) mass is 260 g/mol. The Morgan fingerprint density at radius 2 is 1.83 bits per heavy atom. The summed E-state index contributed by atoms with van der Waals surface area (Å²) < 4.78 is 0. The standard InChI is InChI=1S/C15H13ClO2/c1-9-6-7-14(17)12(8-9)15(18)11-4-3-5-13(16)10(11)2/h3-8,17H,1-2H3. The third-order valence-corrected chi connectivity index (χ3v) is 3.32. The molecule has 2 aromatic rings. The second kappa shape index (κ2) is 4.83. The van der Waals surface area contributed by atoms with E-state index in [1.807, 2.05) is 6.92 Å². The fourth-order valence-electron chi connectivity index (χ4n) is 1.83.